The van der Waals surface area contributed by atoms with E-state index in [2.05, 4.69) is 18.9 Å². The summed E-state index contributed by atoms with van der Waals surface area (Å²) in [7, 11) is 0. The highest BCUT2D eigenvalue weighted by Crippen LogP contribution is 2.49. The van der Waals surface area contributed by atoms with Crippen LogP contribution in [0.5, 0.6) is 0 Å². The molecule has 1 aliphatic heterocycles. The van der Waals surface area contributed by atoms with E-state index in [0.29, 0.717) is 13.2 Å². The molecule has 0 aromatic heterocycles. The van der Waals surface area contributed by atoms with Crippen LogP contribution >= 0.6 is 6.64 Å². The van der Waals surface area contributed by atoms with Crippen LogP contribution in [0.2, 0.25) is 0 Å². The van der Waals surface area contributed by atoms with Gasteiger partial charge in [-0.2, -0.15) is 0 Å². The van der Waals surface area contributed by atoms with Gasteiger partial charge in [-0.1, -0.05) is 20.8 Å². The molecular formula is C7H16NO2PS. The summed E-state index contributed by atoms with van der Waals surface area (Å²) in [5.41, 5.74) is 0.109. The average molecular weight is 209 g/mol. The third-order valence-corrected chi connectivity index (χ3v) is 4.26. The Kier molecular flexibility index (Phi) is 3.29. The van der Waals surface area contributed by atoms with Gasteiger partial charge in [0.1, 0.15) is 0 Å². The summed E-state index contributed by atoms with van der Waals surface area (Å²) in [6, 6.07) is 0. The first-order valence-electron chi connectivity index (χ1n) is 4.12. The molecule has 0 atom stereocenters. The predicted octanol–water partition coefficient (Wildman–Crippen LogP) is 1.89. The molecule has 0 spiro atoms. The van der Waals surface area contributed by atoms with Gasteiger partial charge in [0.15, 0.2) is 0 Å². The second-order valence-electron chi connectivity index (χ2n) is 3.72. The quantitative estimate of drug-likeness (QED) is 0.703. The Bertz CT molecular complexity index is 194. The fourth-order valence-electron chi connectivity index (χ4n) is 0.883. The lowest BCUT2D eigenvalue weighted by Gasteiger charge is -2.36. The first-order valence-corrected chi connectivity index (χ1v) is 6.75. The van der Waals surface area contributed by atoms with E-state index in [9.17, 15) is 0 Å². The maximum absolute atomic E-state index is 5.51. The molecule has 0 radical (unpaired) electrons. The lowest BCUT2D eigenvalue weighted by Crippen LogP contribution is -2.32. The molecule has 0 bridgehead atoms. The van der Waals surface area contributed by atoms with Crippen LogP contribution in [-0.4, -0.2) is 19.8 Å². The van der Waals surface area contributed by atoms with Crippen molar-refractivity contribution in [2.75, 3.05) is 19.8 Å². The molecule has 1 heterocycles. The normalized spacial score (nSPS) is 26.9. The van der Waals surface area contributed by atoms with Crippen LogP contribution in [0.4, 0.5) is 0 Å². The number of rotatable bonds is 2. The van der Waals surface area contributed by atoms with E-state index in [-0.39, 0.29) is 5.41 Å². The molecule has 5 heteroatoms. The van der Waals surface area contributed by atoms with Gasteiger partial charge in [-0.15, -0.1) is 0 Å². The van der Waals surface area contributed by atoms with E-state index in [1.165, 1.54) is 0 Å². The maximum Gasteiger partial charge on any atom is 0.261 e. The maximum atomic E-state index is 5.51. The van der Waals surface area contributed by atoms with E-state index in [4.69, 9.17) is 20.9 Å². The Hall–Kier alpha value is 0.530. The predicted molar refractivity (Wildman–Crippen MR) is 53.6 cm³/mol. The van der Waals surface area contributed by atoms with Gasteiger partial charge in [-0.3, -0.25) is 0 Å². The van der Waals surface area contributed by atoms with Gasteiger partial charge < -0.3 is 9.05 Å². The van der Waals surface area contributed by atoms with Crippen LogP contribution in [0.15, 0.2) is 0 Å². The highest BCUT2D eigenvalue weighted by molar-refractivity contribution is 8.09. The van der Waals surface area contributed by atoms with Gasteiger partial charge in [0.25, 0.3) is 6.64 Å². The fraction of sp³-hybridized carbons (Fsp3) is 1.00. The Morgan fingerprint density at radius 3 is 2.33 bits per heavy atom. The average Bonchev–Trinajstić information content (AvgIpc) is 1.98. The van der Waals surface area contributed by atoms with Crippen LogP contribution in [-0.2, 0) is 20.9 Å². The SMILES string of the molecule is CCNP1(=S)OCC(C)(C)CO1. The molecule has 1 aliphatic rings. The molecule has 3 nitrogen and oxygen atoms in total. The smallest absolute Gasteiger partial charge is 0.261 e. The molecule has 0 saturated carbocycles. The summed E-state index contributed by atoms with van der Waals surface area (Å²) in [5, 5.41) is 3.08. The summed E-state index contributed by atoms with van der Waals surface area (Å²) in [6.45, 7) is 6.30. The van der Waals surface area contributed by atoms with Crippen molar-refractivity contribution in [2.45, 2.75) is 20.8 Å². The lowest BCUT2D eigenvalue weighted by atomic mass is 9.97. The summed E-state index contributed by atoms with van der Waals surface area (Å²) in [5.74, 6) is 0. The van der Waals surface area contributed by atoms with E-state index < -0.39 is 6.64 Å². The molecule has 1 saturated heterocycles. The highest BCUT2D eigenvalue weighted by atomic mass is 32.5. The van der Waals surface area contributed by atoms with Gasteiger partial charge in [-0.05, 0) is 11.8 Å². The first kappa shape index (κ1) is 10.6. The standard InChI is InChI=1S/C7H16NO2PS/c1-4-8-11(12)9-5-7(2,3)6-10-11/h4-6H2,1-3H3,(H,8,12). The third-order valence-electron chi connectivity index (χ3n) is 1.60. The number of hydrogen-bond acceptors (Lipinski definition) is 3. The van der Waals surface area contributed by atoms with Gasteiger partial charge in [0.05, 0.1) is 13.2 Å². The zero-order chi connectivity index (χ0) is 9.24. The van der Waals surface area contributed by atoms with Crippen LogP contribution < -0.4 is 5.09 Å². The van der Waals surface area contributed by atoms with Crippen LogP contribution in [0, 0.1) is 5.41 Å². The van der Waals surface area contributed by atoms with Crippen LogP contribution in [0.25, 0.3) is 0 Å². The van der Waals surface area contributed by atoms with Crippen LogP contribution in [0.3, 0.4) is 0 Å². The Balaban J connectivity index is 2.50. The molecule has 1 rings (SSSR count). The molecule has 1 fully saturated rings. The molecule has 12 heavy (non-hydrogen) atoms. The van der Waals surface area contributed by atoms with E-state index in [1.807, 2.05) is 6.92 Å². The van der Waals surface area contributed by atoms with E-state index >= 15 is 0 Å². The first-order chi connectivity index (χ1) is 5.47. The van der Waals surface area contributed by atoms with Crippen molar-refractivity contribution in [1.82, 2.24) is 5.09 Å². The molecular weight excluding hydrogens is 193 g/mol. The molecule has 0 aromatic rings. The molecule has 0 aliphatic carbocycles. The molecule has 0 aromatic carbocycles. The zero-order valence-electron chi connectivity index (χ0n) is 7.79. The van der Waals surface area contributed by atoms with Gasteiger partial charge in [0, 0.05) is 12.0 Å². The summed E-state index contributed by atoms with van der Waals surface area (Å²) in [4.78, 5) is 0. The lowest BCUT2D eigenvalue weighted by molar-refractivity contribution is 0.0568. The van der Waals surface area contributed by atoms with Crippen molar-refractivity contribution >= 4 is 18.4 Å². The summed E-state index contributed by atoms with van der Waals surface area (Å²) < 4.78 is 11.0. The molecule has 0 amide bonds. The Morgan fingerprint density at radius 2 is 1.92 bits per heavy atom. The second-order valence-corrected chi connectivity index (χ2v) is 6.99. The van der Waals surface area contributed by atoms with Gasteiger partial charge >= 0.3 is 0 Å². The second kappa shape index (κ2) is 3.72. The largest absolute Gasteiger partial charge is 0.317 e. The summed E-state index contributed by atoms with van der Waals surface area (Å²) in [6.07, 6.45) is 0. The van der Waals surface area contributed by atoms with E-state index in [1.54, 1.807) is 0 Å². The van der Waals surface area contributed by atoms with Crippen molar-refractivity contribution in [3.63, 3.8) is 0 Å². The van der Waals surface area contributed by atoms with Crippen molar-refractivity contribution in [3.05, 3.63) is 0 Å². The molecule has 72 valence electrons. The minimum atomic E-state index is -2.11. The topological polar surface area (TPSA) is 30.5 Å². The van der Waals surface area contributed by atoms with Crippen LogP contribution in [0.1, 0.15) is 20.8 Å². The highest BCUT2D eigenvalue weighted by Gasteiger charge is 2.32. The third kappa shape index (κ3) is 2.79. The molecule has 1 N–H and O–H groups in total. The molecule has 0 unspecified atom stereocenters. The Labute approximate surface area is 79.0 Å². The van der Waals surface area contributed by atoms with Crippen molar-refractivity contribution in [2.24, 2.45) is 5.41 Å². The minimum Gasteiger partial charge on any atom is -0.317 e. The van der Waals surface area contributed by atoms with Crippen molar-refractivity contribution < 1.29 is 9.05 Å². The summed E-state index contributed by atoms with van der Waals surface area (Å²) >= 11 is 5.21. The monoisotopic (exact) mass is 209 g/mol. The minimum absolute atomic E-state index is 0.109. The van der Waals surface area contributed by atoms with E-state index in [0.717, 1.165) is 6.54 Å². The number of hydrogen-bond donors (Lipinski definition) is 1. The zero-order valence-corrected chi connectivity index (χ0v) is 9.50. The number of nitrogens with one attached hydrogen (secondary N) is 1. The fourth-order valence-corrected chi connectivity index (χ4v) is 3.27. The Morgan fingerprint density at radius 1 is 1.42 bits per heavy atom. The van der Waals surface area contributed by atoms with Gasteiger partial charge in [0.2, 0.25) is 0 Å². The van der Waals surface area contributed by atoms with Gasteiger partial charge in [-0.25, -0.2) is 5.09 Å². The van der Waals surface area contributed by atoms with Crippen molar-refractivity contribution in [3.8, 4) is 0 Å². The van der Waals surface area contributed by atoms with Crippen molar-refractivity contribution in [1.29, 1.82) is 0 Å².